The molecule has 0 unspecified atom stereocenters. The maximum atomic E-state index is 11.1. The van der Waals surface area contributed by atoms with Crippen molar-refractivity contribution in [2.75, 3.05) is 0 Å². The summed E-state index contributed by atoms with van der Waals surface area (Å²) in [6, 6.07) is 5.10. The summed E-state index contributed by atoms with van der Waals surface area (Å²) in [6.45, 7) is 6.08. The fraction of sp³-hybridized carbons (Fsp3) is 0.417. The molecular formula is C12H17NO2. The van der Waals surface area contributed by atoms with Crippen molar-refractivity contribution >= 4 is 5.91 Å². The van der Waals surface area contributed by atoms with Crippen LogP contribution in [0.2, 0.25) is 0 Å². The molecule has 0 saturated carbocycles. The van der Waals surface area contributed by atoms with Crippen LogP contribution in [0.1, 0.15) is 43.1 Å². The van der Waals surface area contributed by atoms with Crippen molar-refractivity contribution in [3.63, 3.8) is 0 Å². The molecule has 0 atom stereocenters. The van der Waals surface area contributed by atoms with Crippen molar-refractivity contribution in [1.29, 1.82) is 0 Å². The van der Waals surface area contributed by atoms with Gasteiger partial charge in [-0.25, -0.2) is 0 Å². The summed E-state index contributed by atoms with van der Waals surface area (Å²) in [5, 5.41) is 9.93. The molecule has 1 aromatic carbocycles. The standard InChI is InChI=1S/C12H17NO2/c1-4-12(2,3)9-7-5-6-8(10(9)14)11(13)15/h5-7,14H,4H2,1-3H3,(H2,13,15). The molecule has 1 aromatic rings. The number of para-hydroxylation sites is 1. The van der Waals surface area contributed by atoms with Crippen LogP contribution in [0.15, 0.2) is 18.2 Å². The number of carbonyl (C=O) groups is 1. The molecule has 0 aliphatic rings. The second-order valence-electron chi connectivity index (χ2n) is 4.30. The van der Waals surface area contributed by atoms with Crippen LogP contribution in [0, 0.1) is 0 Å². The second-order valence-corrected chi connectivity index (χ2v) is 4.30. The maximum absolute atomic E-state index is 11.1. The molecule has 0 aliphatic carbocycles. The highest BCUT2D eigenvalue weighted by Gasteiger charge is 2.24. The van der Waals surface area contributed by atoms with Crippen LogP contribution in [0.5, 0.6) is 5.75 Å². The van der Waals surface area contributed by atoms with Gasteiger partial charge in [0, 0.05) is 5.56 Å². The molecule has 0 bridgehead atoms. The van der Waals surface area contributed by atoms with E-state index < -0.39 is 5.91 Å². The molecule has 0 aromatic heterocycles. The number of carbonyl (C=O) groups excluding carboxylic acids is 1. The van der Waals surface area contributed by atoms with E-state index in [1.165, 1.54) is 6.07 Å². The molecule has 0 radical (unpaired) electrons. The molecule has 0 aliphatic heterocycles. The van der Waals surface area contributed by atoms with E-state index in [0.29, 0.717) is 0 Å². The van der Waals surface area contributed by atoms with E-state index in [2.05, 4.69) is 0 Å². The predicted molar refractivity (Wildman–Crippen MR) is 59.9 cm³/mol. The number of rotatable bonds is 3. The smallest absolute Gasteiger partial charge is 0.252 e. The van der Waals surface area contributed by atoms with Crippen LogP contribution in [-0.4, -0.2) is 11.0 Å². The normalized spacial score (nSPS) is 11.4. The third-order valence-corrected chi connectivity index (χ3v) is 2.91. The van der Waals surface area contributed by atoms with Crippen LogP contribution in [0.25, 0.3) is 0 Å². The topological polar surface area (TPSA) is 63.3 Å². The third-order valence-electron chi connectivity index (χ3n) is 2.91. The van der Waals surface area contributed by atoms with E-state index in [0.717, 1.165) is 12.0 Å². The van der Waals surface area contributed by atoms with Gasteiger partial charge in [0.1, 0.15) is 5.75 Å². The number of phenols is 1. The van der Waals surface area contributed by atoms with Gasteiger partial charge in [-0.1, -0.05) is 32.9 Å². The molecule has 1 amide bonds. The SMILES string of the molecule is CCC(C)(C)c1cccc(C(N)=O)c1O. The molecule has 3 heteroatoms. The van der Waals surface area contributed by atoms with Crippen molar-refractivity contribution < 1.29 is 9.90 Å². The van der Waals surface area contributed by atoms with E-state index in [1.54, 1.807) is 6.07 Å². The number of amides is 1. The van der Waals surface area contributed by atoms with Crippen LogP contribution in [-0.2, 0) is 5.41 Å². The van der Waals surface area contributed by atoms with Gasteiger partial charge in [0.15, 0.2) is 0 Å². The Morgan fingerprint density at radius 1 is 1.47 bits per heavy atom. The Labute approximate surface area is 89.9 Å². The minimum atomic E-state index is -0.596. The van der Waals surface area contributed by atoms with E-state index in [9.17, 15) is 9.90 Å². The van der Waals surface area contributed by atoms with Crippen molar-refractivity contribution in [1.82, 2.24) is 0 Å². The van der Waals surface area contributed by atoms with Gasteiger partial charge >= 0.3 is 0 Å². The van der Waals surface area contributed by atoms with Crippen LogP contribution in [0.3, 0.4) is 0 Å². The number of aromatic hydroxyl groups is 1. The fourth-order valence-electron chi connectivity index (χ4n) is 1.48. The van der Waals surface area contributed by atoms with Crippen molar-refractivity contribution in [3.05, 3.63) is 29.3 Å². The van der Waals surface area contributed by atoms with Gasteiger partial charge in [0.2, 0.25) is 0 Å². The number of nitrogens with two attached hydrogens (primary N) is 1. The number of benzene rings is 1. The highest BCUT2D eigenvalue weighted by Crippen LogP contribution is 2.35. The zero-order chi connectivity index (χ0) is 11.6. The highest BCUT2D eigenvalue weighted by atomic mass is 16.3. The molecule has 3 nitrogen and oxygen atoms in total. The zero-order valence-electron chi connectivity index (χ0n) is 9.37. The van der Waals surface area contributed by atoms with Crippen LogP contribution >= 0.6 is 0 Å². The minimum Gasteiger partial charge on any atom is -0.507 e. The molecule has 0 saturated heterocycles. The van der Waals surface area contributed by atoms with Crippen LogP contribution < -0.4 is 5.73 Å². The third kappa shape index (κ3) is 2.12. The number of primary amides is 1. The molecule has 3 N–H and O–H groups in total. The van der Waals surface area contributed by atoms with Gasteiger partial charge in [-0.15, -0.1) is 0 Å². The average molecular weight is 207 g/mol. The summed E-state index contributed by atoms with van der Waals surface area (Å²) in [7, 11) is 0. The van der Waals surface area contributed by atoms with E-state index in [4.69, 9.17) is 5.73 Å². The Hall–Kier alpha value is -1.51. The summed E-state index contributed by atoms with van der Waals surface area (Å²) in [4.78, 5) is 11.1. The number of hydrogen-bond donors (Lipinski definition) is 2. The Morgan fingerprint density at radius 2 is 2.07 bits per heavy atom. The van der Waals surface area contributed by atoms with Crippen molar-refractivity contribution in [2.45, 2.75) is 32.6 Å². The molecule has 15 heavy (non-hydrogen) atoms. The van der Waals surface area contributed by atoms with Gasteiger partial charge in [-0.2, -0.15) is 0 Å². The van der Waals surface area contributed by atoms with Gasteiger partial charge in [0.25, 0.3) is 5.91 Å². The summed E-state index contributed by atoms with van der Waals surface area (Å²) in [5.74, 6) is -0.585. The van der Waals surface area contributed by atoms with E-state index in [1.807, 2.05) is 26.8 Å². The summed E-state index contributed by atoms with van der Waals surface area (Å²) < 4.78 is 0. The maximum Gasteiger partial charge on any atom is 0.252 e. The first kappa shape index (κ1) is 11.6. The fourth-order valence-corrected chi connectivity index (χ4v) is 1.48. The lowest BCUT2D eigenvalue weighted by Crippen LogP contribution is -2.18. The first-order valence-corrected chi connectivity index (χ1v) is 5.02. The molecule has 82 valence electrons. The van der Waals surface area contributed by atoms with Gasteiger partial charge in [0.05, 0.1) is 5.56 Å². The molecule has 0 fully saturated rings. The zero-order valence-corrected chi connectivity index (χ0v) is 9.37. The summed E-state index contributed by atoms with van der Waals surface area (Å²) in [6.07, 6.45) is 0.878. The van der Waals surface area contributed by atoms with Crippen molar-refractivity contribution in [3.8, 4) is 5.75 Å². The lowest BCUT2D eigenvalue weighted by atomic mass is 9.81. The largest absolute Gasteiger partial charge is 0.507 e. The number of hydrogen-bond acceptors (Lipinski definition) is 2. The van der Waals surface area contributed by atoms with Gasteiger partial charge in [-0.05, 0) is 17.9 Å². The lowest BCUT2D eigenvalue weighted by Gasteiger charge is -2.24. The van der Waals surface area contributed by atoms with Crippen LogP contribution in [0.4, 0.5) is 0 Å². The quantitative estimate of drug-likeness (QED) is 0.797. The van der Waals surface area contributed by atoms with E-state index >= 15 is 0 Å². The summed E-state index contributed by atoms with van der Waals surface area (Å²) >= 11 is 0. The Bertz CT molecular complexity index is 383. The summed E-state index contributed by atoms with van der Waals surface area (Å²) in [5.41, 5.74) is 5.97. The lowest BCUT2D eigenvalue weighted by molar-refractivity contribution is 0.0997. The van der Waals surface area contributed by atoms with Crippen molar-refractivity contribution in [2.24, 2.45) is 5.73 Å². The first-order chi connectivity index (χ1) is 6.90. The average Bonchev–Trinajstić information content (AvgIpc) is 2.17. The van der Waals surface area contributed by atoms with E-state index in [-0.39, 0.29) is 16.7 Å². The highest BCUT2D eigenvalue weighted by molar-refractivity contribution is 5.96. The monoisotopic (exact) mass is 207 g/mol. The molecule has 1 rings (SSSR count). The minimum absolute atomic E-state index is 0.0110. The second kappa shape index (κ2) is 3.93. The Morgan fingerprint density at radius 3 is 2.53 bits per heavy atom. The Kier molecular flexibility index (Phi) is 3.03. The molecular weight excluding hydrogens is 190 g/mol. The Balaban J connectivity index is 3.33. The first-order valence-electron chi connectivity index (χ1n) is 5.02. The predicted octanol–water partition coefficient (Wildman–Crippen LogP) is 2.18. The van der Waals surface area contributed by atoms with Gasteiger partial charge in [-0.3, -0.25) is 4.79 Å². The molecule has 0 heterocycles. The van der Waals surface area contributed by atoms with Gasteiger partial charge < -0.3 is 10.8 Å². The molecule has 0 spiro atoms.